The zero-order valence-corrected chi connectivity index (χ0v) is 12.4. The number of benzene rings is 1. The molecule has 0 saturated carbocycles. The van der Waals surface area contributed by atoms with Crippen LogP contribution in [0.15, 0.2) is 35.6 Å². The molecule has 1 heterocycles. The van der Waals surface area contributed by atoms with Gasteiger partial charge in [-0.05, 0) is 23.6 Å². The fraction of sp³-hybridized carbons (Fsp3) is 0.333. The molecule has 0 amide bonds. The van der Waals surface area contributed by atoms with Gasteiger partial charge in [0.05, 0.1) is 7.11 Å². The van der Waals surface area contributed by atoms with Gasteiger partial charge in [-0.25, -0.2) is 4.98 Å². The number of pyridine rings is 1. The SMILES string of the molecule is COc1ccc2ccnc(N(C)CC(C)/C(N)=N/O)c2c1. The van der Waals surface area contributed by atoms with E-state index in [4.69, 9.17) is 15.7 Å². The average molecular weight is 288 g/mol. The lowest BCUT2D eigenvalue weighted by molar-refractivity contribution is 0.314. The van der Waals surface area contributed by atoms with Crippen LogP contribution >= 0.6 is 0 Å². The lowest BCUT2D eigenvalue weighted by atomic mass is 10.1. The van der Waals surface area contributed by atoms with Crippen LogP contribution in [0.5, 0.6) is 5.75 Å². The number of nitrogens with two attached hydrogens (primary N) is 1. The molecule has 2 aromatic rings. The minimum Gasteiger partial charge on any atom is -0.497 e. The molecule has 6 heteroatoms. The number of methoxy groups -OCH3 is 1. The van der Waals surface area contributed by atoms with E-state index in [0.717, 1.165) is 22.3 Å². The van der Waals surface area contributed by atoms with Crippen molar-refractivity contribution in [1.82, 2.24) is 4.98 Å². The molecule has 0 spiro atoms. The van der Waals surface area contributed by atoms with Crippen molar-refractivity contribution >= 4 is 22.4 Å². The Bertz CT molecular complexity index is 657. The van der Waals surface area contributed by atoms with E-state index < -0.39 is 0 Å². The number of amidine groups is 1. The summed E-state index contributed by atoms with van der Waals surface area (Å²) in [6.45, 7) is 2.50. The maximum atomic E-state index is 8.74. The van der Waals surface area contributed by atoms with Crippen LogP contribution in [-0.4, -0.2) is 36.7 Å². The van der Waals surface area contributed by atoms with Crippen LogP contribution in [0, 0.1) is 5.92 Å². The first-order valence-electron chi connectivity index (χ1n) is 6.68. The molecule has 0 aliphatic heterocycles. The van der Waals surface area contributed by atoms with Gasteiger partial charge in [-0.3, -0.25) is 0 Å². The van der Waals surface area contributed by atoms with Gasteiger partial charge >= 0.3 is 0 Å². The molecule has 0 fully saturated rings. The van der Waals surface area contributed by atoms with E-state index in [9.17, 15) is 0 Å². The van der Waals surface area contributed by atoms with Crippen molar-refractivity contribution in [3.8, 4) is 5.75 Å². The largest absolute Gasteiger partial charge is 0.497 e. The molecule has 0 bridgehead atoms. The summed E-state index contributed by atoms with van der Waals surface area (Å²) in [6, 6.07) is 7.84. The molecule has 6 nitrogen and oxygen atoms in total. The van der Waals surface area contributed by atoms with Gasteiger partial charge in [0.25, 0.3) is 0 Å². The molecule has 2 rings (SSSR count). The van der Waals surface area contributed by atoms with E-state index in [-0.39, 0.29) is 11.8 Å². The van der Waals surface area contributed by atoms with Gasteiger partial charge in [-0.1, -0.05) is 18.1 Å². The smallest absolute Gasteiger partial charge is 0.143 e. The maximum absolute atomic E-state index is 8.74. The molecule has 0 saturated heterocycles. The Balaban J connectivity index is 2.36. The summed E-state index contributed by atoms with van der Waals surface area (Å²) in [5.74, 6) is 1.75. The average Bonchev–Trinajstić information content (AvgIpc) is 2.52. The van der Waals surface area contributed by atoms with Crippen molar-refractivity contribution in [3.63, 3.8) is 0 Å². The minimum atomic E-state index is -0.0809. The first kappa shape index (κ1) is 14.9. The lowest BCUT2D eigenvalue weighted by Crippen LogP contribution is -2.33. The summed E-state index contributed by atoms with van der Waals surface area (Å²) < 4.78 is 5.28. The number of hydrogen-bond acceptors (Lipinski definition) is 5. The quantitative estimate of drug-likeness (QED) is 0.381. The zero-order valence-electron chi connectivity index (χ0n) is 12.4. The summed E-state index contributed by atoms with van der Waals surface area (Å²) in [7, 11) is 3.57. The van der Waals surface area contributed by atoms with Crippen LogP contribution in [-0.2, 0) is 0 Å². The lowest BCUT2D eigenvalue weighted by Gasteiger charge is -2.23. The second-order valence-corrected chi connectivity index (χ2v) is 5.03. The van der Waals surface area contributed by atoms with E-state index in [1.807, 2.05) is 43.1 Å². The zero-order chi connectivity index (χ0) is 15.4. The molecule has 3 N–H and O–H groups in total. The van der Waals surface area contributed by atoms with Crippen LogP contribution in [0.1, 0.15) is 6.92 Å². The molecule has 0 radical (unpaired) electrons. The van der Waals surface area contributed by atoms with Crippen molar-refractivity contribution in [2.75, 3.05) is 25.6 Å². The van der Waals surface area contributed by atoms with Crippen molar-refractivity contribution in [3.05, 3.63) is 30.5 Å². The molecule has 1 atom stereocenters. The highest BCUT2D eigenvalue weighted by atomic mass is 16.5. The summed E-state index contributed by atoms with van der Waals surface area (Å²) >= 11 is 0. The number of anilines is 1. The van der Waals surface area contributed by atoms with Gasteiger partial charge in [0.2, 0.25) is 0 Å². The Hall–Kier alpha value is -2.50. The molecule has 112 valence electrons. The molecule has 21 heavy (non-hydrogen) atoms. The van der Waals surface area contributed by atoms with Gasteiger partial charge in [-0.15, -0.1) is 0 Å². The van der Waals surface area contributed by atoms with Crippen LogP contribution in [0.4, 0.5) is 5.82 Å². The van der Waals surface area contributed by atoms with Crippen LogP contribution in [0.25, 0.3) is 10.8 Å². The Labute approximate surface area is 123 Å². The van der Waals surface area contributed by atoms with Gasteiger partial charge < -0.3 is 20.6 Å². The van der Waals surface area contributed by atoms with E-state index in [1.54, 1.807) is 13.3 Å². The summed E-state index contributed by atoms with van der Waals surface area (Å²) in [4.78, 5) is 6.44. The number of nitrogens with zero attached hydrogens (tertiary/aromatic N) is 3. The van der Waals surface area contributed by atoms with E-state index in [1.165, 1.54) is 0 Å². The molecule has 0 aliphatic carbocycles. The number of hydrogen-bond donors (Lipinski definition) is 2. The standard InChI is InChI=1S/C15H20N4O2/c1-10(14(16)18-20)9-19(2)15-13-8-12(21-3)5-4-11(13)6-7-17-15/h4-8,10,20H,9H2,1-3H3,(H2,16,18). The van der Waals surface area contributed by atoms with E-state index in [2.05, 4.69) is 10.1 Å². The third kappa shape index (κ3) is 3.16. The highest BCUT2D eigenvalue weighted by Crippen LogP contribution is 2.27. The Morgan fingerprint density at radius 1 is 1.48 bits per heavy atom. The third-order valence-corrected chi connectivity index (χ3v) is 3.48. The topological polar surface area (TPSA) is 84.0 Å². The van der Waals surface area contributed by atoms with Crippen molar-refractivity contribution < 1.29 is 9.94 Å². The minimum absolute atomic E-state index is 0.0809. The molecule has 0 aliphatic rings. The van der Waals surface area contributed by atoms with Gasteiger partial charge in [0.1, 0.15) is 17.4 Å². The predicted molar refractivity (Wildman–Crippen MR) is 84.1 cm³/mol. The molecule has 1 aromatic heterocycles. The number of fused-ring (bicyclic) bond motifs is 1. The second-order valence-electron chi connectivity index (χ2n) is 5.03. The number of aromatic nitrogens is 1. The Kier molecular flexibility index (Phi) is 4.47. The molecule has 1 unspecified atom stereocenters. The van der Waals surface area contributed by atoms with Crippen molar-refractivity contribution in [1.29, 1.82) is 0 Å². The Morgan fingerprint density at radius 3 is 2.90 bits per heavy atom. The highest BCUT2D eigenvalue weighted by Gasteiger charge is 2.14. The van der Waals surface area contributed by atoms with Crippen LogP contribution in [0.3, 0.4) is 0 Å². The number of rotatable bonds is 5. The first-order valence-corrected chi connectivity index (χ1v) is 6.68. The van der Waals surface area contributed by atoms with Gasteiger partial charge in [0, 0.05) is 31.1 Å². The summed E-state index contributed by atoms with van der Waals surface area (Å²) in [6.07, 6.45) is 1.77. The number of ether oxygens (including phenoxy) is 1. The van der Waals surface area contributed by atoms with Crippen molar-refractivity contribution in [2.24, 2.45) is 16.8 Å². The number of oxime groups is 1. The third-order valence-electron chi connectivity index (χ3n) is 3.48. The molecular formula is C15H20N4O2. The van der Waals surface area contributed by atoms with Crippen LogP contribution in [0.2, 0.25) is 0 Å². The highest BCUT2D eigenvalue weighted by molar-refractivity contribution is 5.93. The molecular weight excluding hydrogens is 268 g/mol. The predicted octanol–water partition coefficient (Wildman–Crippen LogP) is 2.06. The normalized spacial score (nSPS) is 13.2. The Morgan fingerprint density at radius 2 is 2.24 bits per heavy atom. The first-order chi connectivity index (χ1) is 10.1. The van der Waals surface area contributed by atoms with Crippen molar-refractivity contribution in [2.45, 2.75) is 6.92 Å². The van der Waals surface area contributed by atoms with Crippen LogP contribution < -0.4 is 15.4 Å². The summed E-state index contributed by atoms with van der Waals surface area (Å²) in [5, 5.41) is 13.9. The fourth-order valence-electron chi connectivity index (χ4n) is 2.25. The fourth-order valence-corrected chi connectivity index (χ4v) is 2.25. The van der Waals surface area contributed by atoms with E-state index in [0.29, 0.717) is 6.54 Å². The van der Waals surface area contributed by atoms with Gasteiger partial charge in [-0.2, -0.15) is 0 Å². The monoisotopic (exact) mass is 288 g/mol. The second kappa shape index (κ2) is 6.30. The van der Waals surface area contributed by atoms with Gasteiger partial charge in [0.15, 0.2) is 0 Å². The summed E-state index contributed by atoms with van der Waals surface area (Å²) in [5.41, 5.74) is 5.63. The van der Waals surface area contributed by atoms with E-state index >= 15 is 0 Å². The molecule has 1 aromatic carbocycles. The maximum Gasteiger partial charge on any atom is 0.143 e.